The Morgan fingerprint density at radius 1 is 1.08 bits per heavy atom. The fourth-order valence-electron chi connectivity index (χ4n) is 3.84. The predicted octanol–water partition coefficient (Wildman–Crippen LogP) is 4.53. The fourth-order valence-corrected chi connectivity index (χ4v) is 3.84. The number of hydrazine groups is 1. The van der Waals surface area contributed by atoms with Crippen LogP contribution in [0.2, 0.25) is 0 Å². The number of carbonyl (C=O) groups excluding carboxylic acids is 3. The molecule has 1 aliphatic heterocycles. The van der Waals surface area contributed by atoms with E-state index in [1.165, 1.54) is 13.1 Å². The lowest BCUT2D eigenvalue weighted by molar-refractivity contribution is -0.128. The van der Waals surface area contributed by atoms with Crippen molar-refractivity contribution in [2.75, 3.05) is 6.54 Å². The summed E-state index contributed by atoms with van der Waals surface area (Å²) in [6.07, 6.45) is 1.96. The molecule has 2 heterocycles. The van der Waals surface area contributed by atoms with Crippen LogP contribution in [0.4, 0.5) is 4.79 Å². The quantitative estimate of drug-likeness (QED) is 0.467. The summed E-state index contributed by atoms with van der Waals surface area (Å²) in [7, 11) is 0. The first-order valence-corrected chi connectivity index (χ1v) is 12.4. The zero-order valence-electron chi connectivity index (χ0n) is 21.5. The minimum absolute atomic E-state index is 0.151. The number of benzene rings is 2. The average Bonchev–Trinajstić information content (AvgIpc) is 2.96. The SMILES string of the molecule is CC(=O)NNC(=O)CCC1CCN(C(C)c2ccc(-c3ccc(C#N)cn3)cc2)C(=O)O1.c1ccccc1. The first kappa shape index (κ1) is 27.9. The number of nitrogens with zero attached hydrogens (tertiary/aromatic N) is 3. The molecule has 2 aromatic carbocycles. The standard InChI is InChI=1S/C23H25N5O4.C6H6/c1-15(18-4-6-19(7-5-18)21-9-3-17(13-24)14-25-21)28-12-11-20(32-23(28)31)8-10-22(30)27-26-16(2)29;1-2-4-6-5-3-1/h3-7,9,14-15,20H,8,10-12H2,1-2H3,(H,26,29)(H,27,30);1-6H. The van der Waals surface area contributed by atoms with Crippen molar-refractivity contribution in [3.8, 4) is 17.3 Å². The van der Waals surface area contributed by atoms with Crippen LogP contribution in [-0.4, -0.2) is 40.4 Å². The van der Waals surface area contributed by atoms with Crippen LogP contribution in [0, 0.1) is 11.3 Å². The van der Waals surface area contributed by atoms with E-state index in [-0.39, 0.29) is 30.4 Å². The number of ether oxygens (including phenoxy) is 1. The molecular weight excluding hydrogens is 482 g/mol. The van der Waals surface area contributed by atoms with Gasteiger partial charge in [0.2, 0.25) is 11.8 Å². The highest BCUT2D eigenvalue weighted by Gasteiger charge is 2.31. The number of cyclic esters (lactones) is 1. The van der Waals surface area contributed by atoms with E-state index < -0.39 is 6.09 Å². The molecule has 38 heavy (non-hydrogen) atoms. The van der Waals surface area contributed by atoms with E-state index in [0.29, 0.717) is 24.9 Å². The van der Waals surface area contributed by atoms with Crippen molar-refractivity contribution in [2.24, 2.45) is 0 Å². The Labute approximate surface area is 222 Å². The Kier molecular flexibility index (Phi) is 10.4. The third-order valence-electron chi connectivity index (χ3n) is 5.98. The lowest BCUT2D eigenvalue weighted by Crippen LogP contribution is -2.44. The van der Waals surface area contributed by atoms with Crippen molar-refractivity contribution >= 4 is 17.9 Å². The highest BCUT2D eigenvalue weighted by Crippen LogP contribution is 2.28. The largest absolute Gasteiger partial charge is 0.446 e. The Hall–Kier alpha value is -4.71. The number of rotatable bonds is 6. The molecule has 1 saturated heterocycles. The number of nitrogens with one attached hydrogen (secondary N) is 2. The molecule has 0 aliphatic carbocycles. The summed E-state index contributed by atoms with van der Waals surface area (Å²) in [6.45, 7) is 3.77. The molecule has 1 aromatic heterocycles. The minimum Gasteiger partial charge on any atom is -0.446 e. The van der Waals surface area contributed by atoms with Gasteiger partial charge in [-0.3, -0.25) is 25.4 Å². The molecule has 2 N–H and O–H groups in total. The van der Waals surface area contributed by atoms with Crippen molar-refractivity contribution in [3.05, 3.63) is 90.1 Å². The lowest BCUT2D eigenvalue weighted by Gasteiger charge is -2.35. The van der Waals surface area contributed by atoms with Crippen molar-refractivity contribution in [2.45, 2.75) is 45.3 Å². The van der Waals surface area contributed by atoms with Gasteiger partial charge >= 0.3 is 6.09 Å². The molecule has 0 saturated carbocycles. The second-order valence-electron chi connectivity index (χ2n) is 8.75. The van der Waals surface area contributed by atoms with E-state index >= 15 is 0 Å². The molecule has 3 amide bonds. The summed E-state index contributed by atoms with van der Waals surface area (Å²) in [5, 5.41) is 8.89. The lowest BCUT2D eigenvalue weighted by atomic mass is 10.0. The molecule has 0 bridgehead atoms. The monoisotopic (exact) mass is 513 g/mol. The van der Waals surface area contributed by atoms with Gasteiger partial charge in [0.15, 0.2) is 0 Å². The second-order valence-corrected chi connectivity index (χ2v) is 8.75. The topological polar surface area (TPSA) is 124 Å². The number of nitriles is 1. The number of aromatic nitrogens is 1. The summed E-state index contributed by atoms with van der Waals surface area (Å²) in [5.41, 5.74) is 7.69. The first-order valence-electron chi connectivity index (χ1n) is 12.4. The van der Waals surface area contributed by atoms with Gasteiger partial charge in [-0.1, -0.05) is 60.7 Å². The molecule has 9 nitrogen and oxygen atoms in total. The van der Waals surface area contributed by atoms with Gasteiger partial charge in [-0.05, 0) is 31.0 Å². The van der Waals surface area contributed by atoms with Crippen LogP contribution in [0.5, 0.6) is 0 Å². The molecule has 3 aromatic rings. The molecule has 2 atom stereocenters. The Morgan fingerprint density at radius 2 is 1.74 bits per heavy atom. The van der Waals surface area contributed by atoms with Gasteiger partial charge in [-0.2, -0.15) is 5.26 Å². The summed E-state index contributed by atoms with van der Waals surface area (Å²) in [5.74, 6) is -0.683. The third kappa shape index (κ3) is 8.45. The van der Waals surface area contributed by atoms with Crippen LogP contribution in [0.3, 0.4) is 0 Å². The van der Waals surface area contributed by atoms with Crippen molar-refractivity contribution in [1.82, 2.24) is 20.7 Å². The fraction of sp³-hybridized carbons (Fsp3) is 0.276. The van der Waals surface area contributed by atoms with Crippen molar-refractivity contribution < 1.29 is 19.1 Å². The van der Waals surface area contributed by atoms with E-state index in [0.717, 1.165) is 16.8 Å². The normalized spacial score (nSPS) is 15.1. The van der Waals surface area contributed by atoms with Gasteiger partial charge in [0, 0.05) is 38.1 Å². The molecule has 1 aliphatic rings. The summed E-state index contributed by atoms with van der Waals surface area (Å²) in [6, 6.07) is 25.2. The number of carbonyl (C=O) groups is 3. The van der Waals surface area contributed by atoms with Gasteiger partial charge in [0.05, 0.1) is 17.3 Å². The Bertz CT molecular complexity index is 1210. The summed E-state index contributed by atoms with van der Waals surface area (Å²) < 4.78 is 5.52. The molecule has 2 unspecified atom stereocenters. The zero-order valence-corrected chi connectivity index (χ0v) is 21.5. The molecule has 0 spiro atoms. The highest BCUT2D eigenvalue weighted by molar-refractivity contribution is 5.80. The van der Waals surface area contributed by atoms with Crippen LogP contribution < -0.4 is 10.9 Å². The van der Waals surface area contributed by atoms with Gasteiger partial charge in [-0.15, -0.1) is 0 Å². The van der Waals surface area contributed by atoms with Crippen LogP contribution in [-0.2, 0) is 14.3 Å². The summed E-state index contributed by atoms with van der Waals surface area (Å²) >= 11 is 0. The Balaban J connectivity index is 0.000000585. The minimum atomic E-state index is -0.408. The third-order valence-corrected chi connectivity index (χ3v) is 5.98. The average molecular weight is 514 g/mol. The predicted molar refractivity (Wildman–Crippen MR) is 142 cm³/mol. The molecule has 196 valence electrons. The van der Waals surface area contributed by atoms with Crippen LogP contribution in [0.15, 0.2) is 79.0 Å². The van der Waals surface area contributed by atoms with Gasteiger partial charge < -0.3 is 9.64 Å². The maximum absolute atomic E-state index is 12.5. The van der Waals surface area contributed by atoms with E-state index in [1.807, 2.05) is 73.7 Å². The highest BCUT2D eigenvalue weighted by atomic mass is 16.6. The number of hydrogen-bond donors (Lipinski definition) is 2. The zero-order chi connectivity index (χ0) is 27.3. The molecule has 4 rings (SSSR count). The van der Waals surface area contributed by atoms with Gasteiger partial charge in [-0.25, -0.2) is 4.79 Å². The van der Waals surface area contributed by atoms with Crippen LogP contribution >= 0.6 is 0 Å². The van der Waals surface area contributed by atoms with E-state index in [1.54, 1.807) is 17.0 Å². The van der Waals surface area contributed by atoms with Crippen molar-refractivity contribution in [3.63, 3.8) is 0 Å². The van der Waals surface area contributed by atoms with Gasteiger partial charge in [0.1, 0.15) is 12.2 Å². The number of hydrogen-bond acceptors (Lipinski definition) is 6. The van der Waals surface area contributed by atoms with Gasteiger partial charge in [0.25, 0.3) is 0 Å². The van der Waals surface area contributed by atoms with E-state index in [9.17, 15) is 14.4 Å². The van der Waals surface area contributed by atoms with Crippen molar-refractivity contribution in [1.29, 1.82) is 5.26 Å². The molecule has 0 radical (unpaired) electrons. The molecule has 1 fully saturated rings. The smallest absolute Gasteiger partial charge is 0.410 e. The number of amides is 3. The Morgan fingerprint density at radius 3 is 2.26 bits per heavy atom. The molecule has 9 heteroatoms. The number of pyridine rings is 1. The first-order chi connectivity index (χ1) is 18.4. The van der Waals surface area contributed by atoms with Crippen LogP contribution in [0.1, 0.15) is 50.3 Å². The van der Waals surface area contributed by atoms with Crippen LogP contribution in [0.25, 0.3) is 11.3 Å². The maximum atomic E-state index is 12.5. The second kappa shape index (κ2) is 14.1. The van der Waals surface area contributed by atoms with E-state index in [2.05, 4.69) is 15.8 Å². The maximum Gasteiger partial charge on any atom is 0.410 e. The molecular formula is C29H31N5O4. The summed E-state index contributed by atoms with van der Waals surface area (Å²) in [4.78, 5) is 41.0. The van der Waals surface area contributed by atoms with E-state index in [4.69, 9.17) is 10.00 Å².